The quantitative estimate of drug-likeness (QED) is 0.376. The summed E-state index contributed by atoms with van der Waals surface area (Å²) in [5.74, 6) is -1.96. The van der Waals surface area contributed by atoms with Crippen LogP contribution in [-0.4, -0.2) is 73.2 Å². The van der Waals surface area contributed by atoms with E-state index in [-0.39, 0.29) is 19.8 Å². The summed E-state index contributed by atoms with van der Waals surface area (Å²) in [5.41, 5.74) is 5.84. The van der Waals surface area contributed by atoms with Crippen LogP contribution in [0, 0.1) is 0 Å². The van der Waals surface area contributed by atoms with Gasteiger partial charge in [0.2, 0.25) is 5.91 Å². The molecule has 2 rings (SSSR count). The molecule has 0 aliphatic carbocycles. The van der Waals surface area contributed by atoms with E-state index in [1.807, 2.05) is 0 Å². The van der Waals surface area contributed by atoms with Crippen LogP contribution in [0.4, 0.5) is 9.18 Å². The number of esters is 1. The largest absolute Gasteiger partial charge is 0.459 e. The molecule has 2 N–H and O–H groups in total. The Labute approximate surface area is 131 Å². The first-order chi connectivity index (χ1) is 10.9. The van der Waals surface area contributed by atoms with Crippen LogP contribution < -0.4 is 5.73 Å². The van der Waals surface area contributed by atoms with E-state index in [2.05, 4.69) is 9.47 Å². The molecule has 1 saturated heterocycles. The molecule has 1 unspecified atom stereocenters. The molecule has 128 valence electrons. The van der Waals surface area contributed by atoms with Crippen LogP contribution >= 0.6 is 0 Å². The van der Waals surface area contributed by atoms with Crippen LogP contribution in [0.5, 0.6) is 0 Å². The van der Waals surface area contributed by atoms with Gasteiger partial charge in [0.15, 0.2) is 0 Å². The monoisotopic (exact) mass is 331 g/mol. The molecule has 0 aromatic heterocycles. The van der Waals surface area contributed by atoms with E-state index in [9.17, 15) is 18.8 Å². The first-order valence-corrected chi connectivity index (χ1v) is 6.90. The molecular formula is C13H18FN3O6. The zero-order chi connectivity index (χ0) is 17.1. The number of fused-ring (bicyclic) bond motifs is 2. The van der Waals surface area contributed by atoms with Crippen LogP contribution in [-0.2, 0) is 23.9 Å². The Bertz CT molecular complexity index is 540. The van der Waals surface area contributed by atoms with Gasteiger partial charge in [-0.25, -0.2) is 18.8 Å². The van der Waals surface area contributed by atoms with E-state index in [1.54, 1.807) is 13.0 Å². The van der Waals surface area contributed by atoms with E-state index in [0.717, 1.165) is 0 Å². The number of rotatable bonds is 7. The van der Waals surface area contributed by atoms with Crippen molar-refractivity contribution in [2.45, 2.75) is 25.4 Å². The topological polar surface area (TPSA) is 111 Å². The summed E-state index contributed by atoms with van der Waals surface area (Å²) in [6, 6.07) is -2.25. The standard InChI is InChI=1S/C13H18FN3O6/c1-7-5-8-6-16(9(7)11(15)18)13(20)17(8)23-10(14)12(19)22-4-3-21-2/h5,8-10H,3-4,6H2,1-2H3,(H2,15,18)/t8-,9-,10?/m0/s1. The first-order valence-electron chi connectivity index (χ1n) is 6.90. The van der Waals surface area contributed by atoms with Crippen molar-refractivity contribution >= 4 is 17.9 Å². The van der Waals surface area contributed by atoms with Gasteiger partial charge in [-0.1, -0.05) is 6.08 Å². The number of nitrogens with zero attached hydrogens (tertiary/aromatic N) is 2. The molecule has 3 amide bonds. The van der Waals surface area contributed by atoms with E-state index in [1.165, 1.54) is 12.0 Å². The zero-order valence-corrected chi connectivity index (χ0v) is 12.7. The summed E-state index contributed by atoms with van der Waals surface area (Å²) in [4.78, 5) is 41.0. The maximum atomic E-state index is 13.8. The highest BCUT2D eigenvalue weighted by atomic mass is 19.1. The van der Waals surface area contributed by atoms with Crippen LogP contribution in [0.1, 0.15) is 6.92 Å². The predicted molar refractivity (Wildman–Crippen MR) is 73.3 cm³/mol. The fourth-order valence-electron chi connectivity index (χ4n) is 2.53. The Morgan fingerprint density at radius 1 is 1.48 bits per heavy atom. The van der Waals surface area contributed by atoms with Crippen molar-refractivity contribution in [1.29, 1.82) is 0 Å². The third-order valence-corrected chi connectivity index (χ3v) is 3.51. The number of nitrogens with two attached hydrogens (primary N) is 1. The number of primary amides is 1. The lowest BCUT2D eigenvalue weighted by Gasteiger charge is -2.27. The van der Waals surface area contributed by atoms with Crippen LogP contribution in [0.2, 0.25) is 0 Å². The maximum Gasteiger partial charge on any atom is 0.371 e. The highest BCUT2D eigenvalue weighted by Crippen LogP contribution is 2.29. The van der Waals surface area contributed by atoms with Crippen LogP contribution in [0.3, 0.4) is 0 Å². The van der Waals surface area contributed by atoms with Gasteiger partial charge in [0.05, 0.1) is 19.2 Å². The van der Waals surface area contributed by atoms with Gasteiger partial charge < -0.3 is 20.1 Å². The molecule has 3 atom stereocenters. The summed E-state index contributed by atoms with van der Waals surface area (Å²) in [7, 11) is 1.40. The number of alkyl halides is 1. The second-order valence-electron chi connectivity index (χ2n) is 5.13. The average Bonchev–Trinajstić information content (AvgIpc) is 2.72. The Morgan fingerprint density at radius 3 is 2.78 bits per heavy atom. The molecule has 10 heteroatoms. The number of hydrogen-bond acceptors (Lipinski definition) is 6. The van der Waals surface area contributed by atoms with Crippen molar-refractivity contribution in [3.63, 3.8) is 0 Å². The molecule has 0 radical (unpaired) electrons. The summed E-state index contributed by atoms with van der Waals surface area (Å²) >= 11 is 0. The fourth-order valence-corrected chi connectivity index (χ4v) is 2.53. The molecule has 2 aliphatic heterocycles. The number of urea groups is 1. The van der Waals surface area contributed by atoms with Crippen molar-refractivity contribution in [2.24, 2.45) is 5.73 Å². The van der Waals surface area contributed by atoms with Gasteiger partial charge in [-0.15, -0.1) is 0 Å². The molecule has 2 bridgehead atoms. The van der Waals surface area contributed by atoms with E-state index in [0.29, 0.717) is 10.6 Å². The minimum absolute atomic E-state index is 0.111. The predicted octanol–water partition coefficient (Wildman–Crippen LogP) is -0.677. The van der Waals surface area contributed by atoms with Gasteiger partial charge in [-0.3, -0.25) is 4.79 Å². The minimum atomic E-state index is -2.46. The average molecular weight is 331 g/mol. The number of amides is 3. The summed E-state index contributed by atoms with van der Waals surface area (Å²) in [5, 5.41) is 0.717. The van der Waals surface area contributed by atoms with Crippen LogP contribution in [0.25, 0.3) is 0 Å². The second kappa shape index (κ2) is 6.92. The smallest absolute Gasteiger partial charge is 0.371 e. The Kier molecular flexibility index (Phi) is 5.16. The van der Waals surface area contributed by atoms with Gasteiger partial charge in [0.25, 0.3) is 0 Å². The molecule has 1 fully saturated rings. The lowest BCUT2D eigenvalue weighted by Crippen LogP contribution is -2.48. The molecule has 9 nitrogen and oxygen atoms in total. The minimum Gasteiger partial charge on any atom is -0.459 e. The Hall–Kier alpha value is -2.20. The normalized spacial score (nSPS) is 24.5. The second-order valence-corrected chi connectivity index (χ2v) is 5.13. The third-order valence-electron chi connectivity index (χ3n) is 3.51. The SMILES string of the molecule is COCCOC(=O)C(F)ON1C(=O)N2C[C@@H]1C=C(C)[C@H]2C(N)=O. The molecule has 0 aromatic carbocycles. The van der Waals surface area contributed by atoms with E-state index >= 15 is 0 Å². The Morgan fingerprint density at radius 2 is 2.17 bits per heavy atom. The van der Waals surface area contributed by atoms with Crippen molar-refractivity contribution in [1.82, 2.24) is 9.96 Å². The van der Waals surface area contributed by atoms with Gasteiger partial charge in [0.1, 0.15) is 12.6 Å². The number of carbonyl (C=O) groups excluding carboxylic acids is 3. The molecule has 0 aromatic rings. The first kappa shape index (κ1) is 17.2. The molecule has 0 spiro atoms. The van der Waals surface area contributed by atoms with E-state index < -0.39 is 36.3 Å². The molecule has 2 aliphatic rings. The number of methoxy groups -OCH3 is 1. The number of carbonyl (C=O) groups is 3. The van der Waals surface area contributed by atoms with E-state index in [4.69, 9.17) is 10.6 Å². The van der Waals surface area contributed by atoms with Crippen LogP contribution in [0.15, 0.2) is 11.6 Å². The van der Waals surface area contributed by atoms with Gasteiger partial charge >= 0.3 is 18.4 Å². The maximum absolute atomic E-state index is 13.8. The lowest BCUT2D eigenvalue weighted by atomic mass is 10.0. The Balaban J connectivity index is 2.01. The van der Waals surface area contributed by atoms with Crippen molar-refractivity contribution in [2.75, 3.05) is 26.9 Å². The third kappa shape index (κ3) is 3.42. The fraction of sp³-hybridized carbons (Fsp3) is 0.615. The number of halogens is 1. The van der Waals surface area contributed by atoms with Crippen molar-refractivity contribution in [3.8, 4) is 0 Å². The number of ether oxygens (including phenoxy) is 2. The summed E-state index contributed by atoms with van der Waals surface area (Å²) < 4.78 is 23.0. The lowest BCUT2D eigenvalue weighted by molar-refractivity contribution is -0.223. The molecular weight excluding hydrogens is 313 g/mol. The molecule has 2 heterocycles. The number of hydroxylamine groups is 2. The van der Waals surface area contributed by atoms with Gasteiger partial charge in [-0.2, -0.15) is 5.06 Å². The summed E-state index contributed by atoms with van der Waals surface area (Å²) in [6.07, 6.45) is -0.878. The molecule has 0 saturated carbocycles. The molecule has 23 heavy (non-hydrogen) atoms. The van der Waals surface area contributed by atoms with Gasteiger partial charge in [0, 0.05) is 7.11 Å². The summed E-state index contributed by atoms with van der Waals surface area (Å²) in [6.45, 7) is 1.73. The highest BCUT2D eigenvalue weighted by Gasteiger charge is 2.48. The highest BCUT2D eigenvalue weighted by molar-refractivity contribution is 5.90. The van der Waals surface area contributed by atoms with Gasteiger partial charge in [-0.05, 0) is 12.5 Å². The zero-order valence-electron chi connectivity index (χ0n) is 12.7. The van der Waals surface area contributed by atoms with Crippen molar-refractivity contribution < 1.29 is 33.1 Å². The van der Waals surface area contributed by atoms with Crippen molar-refractivity contribution in [3.05, 3.63) is 11.6 Å². The number of hydrogen-bond donors (Lipinski definition) is 1.